The maximum absolute atomic E-state index is 12.3. The van der Waals surface area contributed by atoms with E-state index in [1.807, 2.05) is 52.8 Å². The van der Waals surface area contributed by atoms with E-state index in [0.29, 0.717) is 55.3 Å². The number of aromatic hydroxyl groups is 1. The van der Waals surface area contributed by atoms with Crippen molar-refractivity contribution >= 4 is 82.3 Å². The molecule has 6 aromatic rings. The first-order chi connectivity index (χ1) is 33.4. The standard InChI is InChI=1S/C13H18N2O4.C9H8O2.C8H7ClF3N.C8H11NO.C7H7Cl2N.C7H9NO/c1-9-6-10(18-12(16)14(2)3)8-11(7-9)19-13(17)15(4)5;1-7-2-8(5-10)4-9(3-7)6-11;1-4-2-5(8(10,11)12)7(13)6(9)3-4;1-6-2-7(5-10)4-8(9)3-6;1-4-2-5(8)7(10)6(9)3-4;1-5-2-3-7(9)6(8)4-5/h6-8H,1-5H3;2-6H,1H3;2-3H,13H2,1H3;2-4,10H,5,9H2,1H3;2-3H,10H2,1H3;2-4,9H,8H2,1H3. The molecule has 0 aliphatic heterocycles. The van der Waals surface area contributed by atoms with E-state index in [1.54, 1.807) is 88.9 Å². The van der Waals surface area contributed by atoms with Crippen LogP contribution in [0.1, 0.15) is 65.2 Å². The highest BCUT2D eigenvalue weighted by Crippen LogP contribution is 2.37. The number of aldehydes is 2. The number of nitrogen functional groups attached to an aromatic ring is 4. The number of hydrogen-bond donors (Lipinski definition) is 6. The summed E-state index contributed by atoms with van der Waals surface area (Å²) in [5.41, 5.74) is 29.2. The molecule has 10 N–H and O–H groups in total. The van der Waals surface area contributed by atoms with Crippen LogP contribution in [0.4, 0.5) is 45.5 Å². The fourth-order valence-corrected chi connectivity index (χ4v) is 6.42. The third-order valence-electron chi connectivity index (χ3n) is 8.89. The fraction of sp³-hybridized carbons (Fsp3) is 0.231. The monoisotopic (exact) mass is 1060 g/mol. The van der Waals surface area contributed by atoms with Gasteiger partial charge in [-0.3, -0.25) is 9.59 Å². The molecule has 0 aromatic heterocycles. The normalized spacial score (nSPS) is 10.0. The second-order valence-electron chi connectivity index (χ2n) is 16.2. The number of aryl methyl sites for hydroxylation is 6. The molecule has 0 bridgehead atoms. The Bertz CT molecular complexity index is 2680. The number of rotatable bonds is 5. The second-order valence-corrected chi connectivity index (χ2v) is 17.5. The highest BCUT2D eigenvalue weighted by Gasteiger charge is 2.33. The van der Waals surface area contributed by atoms with Crippen molar-refractivity contribution in [2.24, 2.45) is 0 Å². The van der Waals surface area contributed by atoms with Crippen LogP contribution in [0, 0.1) is 41.5 Å². The third kappa shape index (κ3) is 23.2. The van der Waals surface area contributed by atoms with E-state index in [-0.39, 0.29) is 17.4 Å². The molecule has 6 aromatic carbocycles. The van der Waals surface area contributed by atoms with E-state index in [9.17, 15) is 32.3 Å². The molecule has 0 aliphatic carbocycles. The lowest BCUT2D eigenvalue weighted by molar-refractivity contribution is -0.136. The highest BCUT2D eigenvalue weighted by molar-refractivity contribution is 6.38. The summed E-state index contributed by atoms with van der Waals surface area (Å²) in [5, 5.41) is 18.6. The lowest BCUT2D eigenvalue weighted by atomic mass is 10.1. The average Bonchev–Trinajstić information content (AvgIpc) is 3.28. The van der Waals surface area contributed by atoms with Gasteiger partial charge in [0.1, 0.15) is 29.8 Å². The molecule has 6 rings (SSSR count). The Morgan fingerprint density at radius 2 is 0.986 bits per heavy atom. The smallest absolute Gasteiger partial charge is 0.418 e. The topological polar surface area (TPSA) is 238 Å². The lowest BCUT2D eigenvalue weighted by Crippen LogP contribution is -2.26. The zero-order chi connectivity index (χ0) is 55.2. The molecule has 0 unspecified atom stereocenters. The Hall–Kier alpha value is -7.18. The molecule has 388 valence electrons. The van der Waals surface area contributed by atoms with E-state index in [0.717, 1.165) is 52.0 Å². The van der Waals surface area contributed by atoms with Gasteiger partial charge < -0.3 is 52.4 Å². The molecule has 14 nitrogen and oxygen atoms in total. The second kappa shape index (κ2) is 29.9. The maximum atomic E-state index is 12.3. The largest absolute Gasteiger partial charge is 0.506 e. The van der Waals surface area contributed by atoms with Crippen LogP contribution in [0.3, 0.4) is 0 Å². The number of benzene rings is 6. The van der Waals surface area contributed by atoms with Crippen LogP contribution in [0.2, 0.25) is 15.1 Å². The number of aliphatic hydroxyl groups is 1. The van der Waals surface area contributed by atoms with E-state index in [4.69, 9.17) is 77.4 Å². The minimum atomic E-state index is -4.44. The minimum Gasteiger partial charge on any atom is -0.506 e. The fourth-order valence-electron chi connectivity index (χ4n) is 5.55. The molecule has 20 heteroatoms. The van der Waals surface area contributed by atoms with Crippen molar-refractivity contribution in [1.82, 2.24) is 9.80 Å². The van der Waals surface area contributed by atoms with Gasteiger partial charge in [0.25, 0.3) is 0 Å². The van der Waals surface area contributed by atoms with E-state index in [2.05, 4.69) is 0 Å². The van der Waals surface area contributed by atoms with Gasteiger partial charge in [0.15, 0.2) is 0 Å². The zero-order valence-electron chi connectivity index (χ0n) is 41.4. The summed E-state index contributed by atoms with van der Waals surface area (Å²) >= 11 is 16.9. The molecule has 0 saturated carbocycles. The minimum absolute atomic E-state index is 0.0614. The van der Waals surface area contributed by atoms with Crippen LogP contribution in [0.25, 0.3) is 0 Å². The van der Waals surface area contributed by atoms with Crippen molar-refractivity contribution in [3.63, 3.8) is 0 Å². The number of phenols is 1. The van der Waals surface area contributed by atoms with Gasteiger partial charge in [-0.15, -0.1) is 0 Å². The average molecular weight is 1060 g/mol. The summed E-state index contributed by atoms with van der Waals surface area (Å²) in [4.78, 5) is 46.2. The van der Waals surface area contributed by atoms with Gasteiger partial charge >= 0.3 is 18.4 Å². The number of carbonyl (C=O) groups is 4. The van der Waals surface area contributed by atoms with Crippen molar-refractivity contribution in [3.8, 4) is 17.2 Å². The number of ether oxygens (including phenoxy) is 2. The van der Waals surface area contributed by atoms with Crippen LogP contribution >= 0.6 is 34.8 Å². The van der Waals surface area contributed by atoms with Crippen molar-refractivity contribution in [2.75, 3.05) is 51.1 Å². The summed E-state index contributed by atoms with van der Waals surface area (Å²) < 4.78 is 47.1. The summed E-state index contributed by atoms with van der Waals surface area (Å²) in [5.74, 6) is 0.820. The lowest BCUT2D eigenvalue weighted by Gasteiger charge is -2.14. The first-order valence-electron chi connectivity index (χ1n) is 21.2. The van der Waals surface area contributed by atoms with Gasteiger partial charge in [-0.1, -0.05) is 46.9 Å². The van der Waals surface area contributed by atoms with Crippen molar-refractivity contribution < 1.29 is 52.0 Å². The molecule has 0 fully saturated rings. The number of carbonyl (C=O) groups excluding carboxylic acids is 4. The number of alkyl halides is 3. The van der Waals surface area contributed by atoms with Gasteiger partial charge in [-0.05, 0) is 159 Å². The number of aliphatic hydroxyl groups excluding tert-OH is 1. The van der Waals surface area contributed by atoms with Gasteiger partial charge in [-0.25, -0.2) is 9.59 Å². The zero-order valence-corrected chi connectivity index (χ0v) is 43.7. The van der Waals surface area contributed by atoms with Gasteiger partial charge in [0, 0.05) is 51.1 Å². The van der Waals surface area contributed by atoms with Gasteiger partial charge in [0.05, 0.1) is 44.3 Å². The number of anilines is 4. The molecule has 72 heavy (non-hydrogen) atoms. The number of halogens is 6. The van der Waals surface area contributed by atoms with Crippen LogP contribution < -0.4 is 32.4 Å². The Kier molecular flexibility index (Phi) is 26.1. The predicted octanol–water partition coefficient (Wildman–Crippen LogP) is 12.2. The van der Waals surface area contributed by atoms with Crippen LogP contribution in [0.5, 0.6) is 17.2 Å². The Morgan fingerprint density at radius 3 is 1.38 bits per heavy atom. The van der Waals surface area contributed by atoms with Crippen LogP contribution in [-0.2, 0) is 12.8 Å². The molecule has 0 atom stereocenters. The van der Waals surface area contributed by atoms with Gasteiger partial charge in [-0.2, -0.15) is 13.2 Å². The van der Waals surface area contributed by atoms with Crippen molar-refractivity contribution in [1.29, 1.82) is 0 Å². The van der Waals surface area contributed by atoms with Crippen molar-refractivity contribution in [2.45, 2.75) is 54.3 Å². The molecule has 0 heterocycles. The SMILES string of the molecule is Cc1cc(C=O)cc(C=O)c1.Cc1cc(Cl)c(N)c(C(F)(F)F)c1.Cc1cc(Cl)c(N)c(Cl)c1.Cc1cc(N)cc(CO)c1.Cc1cc(OC(=O)N(C)C)cc(OC(=O)N(C)C)c1.Cc1ccc(O)c(N)c1. The Morgan fingerprint density at radius 1 is 0.569 bits per heavy atom. The van der Waals surface area contributed by atoms with E-state index < -0.39 is 29.6 Å². The van der Waals surface area contributed by atoms with Crippen LogP contribution in [0.15, 0.2) is 97.1 Å². The summed E-state index contributed by atoms with van der Waals surface area (Å²) in [6.45, 7) is 11.1. The van der Waals surface area contributed by atoms with Crippen LogP contribution in [-0.4, -0.2) is 73.0 Å². The molecule has 0 aliphatic rings. The Balaban J connectivity index is 0.000000441. The highest BCUT2D eigenvalue weighted by atomic mass is 35.5. The molecule has 2 amide bonds. The molecular weight excluding hydrogens is 1000 g/mol. The summed E-state index contributed by atoms with van der Waals surface area (Å²) in [6.07, 6.45) is -3.95. The quantitative estimate of drug-likeness (QED) is 0.0537. The Labute approximate surface area is 432 Å². The first-order valence-corrected chi connectivity index (χ1v) is 22.3. The number of amides is 2. The molecule has 0 spiro atoms. The third-order valence-corrected chi connectivity index (χ3v) is 9.83. The predicted molar refractivity (Wildman–Crippen MR) is 283 cm³/mol. The van der Waals surface area contributed by atoms with E-state index in [1.165, 1.54) is 28.9 Å². The first kappa shape index (κ1) is 62.8. The van der Waals surface area contributed by atoms with E-state index >= 15 is 0 Å². The number of hydrogen-bond acceptors (Lipinski definition) is 12. The molecule has 0 saturated heterocycles. The number of nitrogens with zero attached hydrogens (tertiary/aromatic N) is 2. The maximum Gasteiger partial charge on any atom is 0.418 e. The summed E-state index contributed by atoms with van der Waals surface area (Å²) in [7, 11) is 6.35. The van der Waals surface area contributed by atoms with Crippen molar-refractivity contribution in [3.05, 3.63) is 168 Å². The molecule has 0 radical (unpaired) electrons. The number of phenolic OH excluding ortho intramolecular Hbond substituents is 1. The number of nitrogens with two attached hydrogens (primary N) is 4. The summed E-state index contributed by atoms with van der Waals surface area (Å²) in [6, 6.07) is 26.5. The van der Waals surface area contributed by atoms with Gasteiger partial charge in [0.2, 0.25) is 0 Å². The molecular formula is C52H60Cl3F3N6O8.